The monoisotopic (exact) mass is 647 g/mol. The predicted octanol–water partition coefficient (Wildman–Crippen LogP) is 2.06. The second kappa shape index (κ2) is 10.4. The van der Waals surface area contributed by atoms with Crippen molar-refractivity contribution < 1.29 is 20.1 Å². The van der Waals surface area contributed by atoms with E-state index in [0.29, 0.717) is 32.7 Å². The van der Waals surface area contributed by atoms with Crippen molar-refractivity contribution in [3.8, 4) is 22.6 Å². The molecular formula is C36H25NO9S. The summed E-state index contributed by atoms with van der Waals surface area (Å²) in [6.07, 6.45) is 7.04. The van der Waals surface area contributed by atoms with Crippen LogP contribution >= 0.6 is 12.6 Å². The van der Waals surface area contributed by atoms with Gasteiger partial charge >= 0.3 is 0 Å². The van der Waals surface area contributed by atoms with E-state index in [2.05, 4.69) is 17.6 Å². The van der Waals surface area contributed by atoms with E-state index in [0.717, 1.165) is 13.2 Å². The smallest absolute Gasteiger partial charge is 0.260 e. The van der Waals surface area contributed by atoms with Gasteiger partial charge in [-0.05, 0) is 60.7 Å². The van der Waals surface area contributed by atoms with E-state index in [9.17, 15) is 39.3 Å². The van der Waals surface area contributed by atoms with Crippen LogP contribution < -0.4 is 42.4 Å². The molecule has 0 amide bonds. The van der Waals surface area contributed by atoms with Gasteiger partial charge in [0, 0.05) is 27.6 Å². The molecule has 47 heavy (non-hydrogen) atoms. The molecule has 4 aliphatic rings. The number of aliphatic hydroxyl groups is 2. The van der Waals surface area contributed by atoms with Gasteiger partial charge in [0.1, 0.15) is 22.7 Å². The van der Waals surface area contributed by atoms with Crippen molar-refractivity contribution in [1.82, 2.24) is 4.98 Å². The molecule has 1 atom stereocenters. The highest BCUT2D eigenvalue weighted by atomic mass is 32.1. The summed E-state index contributed by atoms with van der Waals surface area (Å²) >= 11 is 4.50. The maximum atomic E-state index is 13.9. The molecule has 2 aromatic carbocycles. The van der Waals surface area contributed by atoms with Crippen LogP contribution in [0.1, 0.15) is 30.2 Å². The number of rotatable bonds is 4. The molecule has 11 heteroatoms. The lowest BCUT2D eigenvalue weighted by Crippen LogP contribution is -2.51. The largest absolute Gasteiger partial charge is 0.510 e. The molecule has 1 aromatic heterocycles. The zero-order valence-corrected chi connectivity index (χ0v) is 25.8. The van der Waals surface area contributed by atoms with Gasteiger partial charge in [0.15, 0.2) is 11.2 Å². The minimum Gasteiger partial charge on any atom is -0.510 e. The summed E-state index contributed by atoms with van der Waals surface area (Å²) in [7, 11) is 1.13. The molecule has 10 nitrogen and oxygen atoms in total. The summed E-state index contributed by atoms with van der Waals surface area (Å²) in [5.41, 5.74) is -4.95. The number of hydrogen-bond acceptors (Lipinski definition) is 10. The van der Waals surface area contributed by atoms with Crippen LogP contribution in [0.4, 0.5) is 0 Å². The number of hydrogen-bond donors (Lipinski definition) is 5. The Labute approximate surface area is 268 Å². The van der Waals surface area contributed by atoms with E-state index >= 15 is 0 Å². The third-order valence-corrected chi connectivity index (χ3v) is 9.44. The molecule has 4 N–H and O–H groups in total. The number of aliphatic hydroxyl groups excluding tert-OH is 2. The molecule has 0 bridgehead atoms. The molecular weight excluding hydrogens is 622 g/mol. The van der Waals surface area contributed by atoms with Gasteiger partial charge in [-0.15, -0.1) is 12.6 Å². The predicted molar refractivity (Wildman–Crippen MR) is 180 cm³/mol. The first kappa shape index (κ1) is 30.0. The van der Waals surface area contributed by atoms with Crippen molar-refractivity contribution >= 4 is 41.0 Å². The van der Waals surface area contributed by atoms with Gasteiger partial charge in [0.05, 0.1) is 33.4 Å². The van der Waals surface area contributed by atoms with Gasteiger partial charge in [-0.2, -0.15) is 0 Å². The maximum Gasteiger partial charge on any atom is 0.260 e. The number of nitrogens with one attached hydrogen (secondary N) is 1. The van der Waals surface area contributed by atoms with Crippen molar-refractivity contribution in [2.24, 2.45) is 0 Å². The van der Waals surface area contributed by atoms with Gasteiger partial charge in [-0.3, -0.25) is 24.0 Å². The maximum absolute atomic E-state index is 13.9. The van der Waals surface area contributed by atoms with E-state index in [1.807, 2.05) is 13.0 Å². The molecule has 0 saturated carbocycles. The number of pyridine rings is 1. The summed E-state index contributed by atoms with van der Waals surface area (Å²) in [5.74, 6) is -2.55. The fraction of sp³-hybridized carbons (Fsp3) is 0.139. The molecule has 0 radical (unpaired) electrons. The van der Waals surface area contributed by atoms with Gasteiger partial charge in [-0.25, -0.2) is 0 Å². The standard InChI is InChI=1S/C36H25NO9S/c1-3-4-5-8-16-13-19-22(15-7-6-9-17(47)12-15)18-10-11-36(28(18)32(42)23(19)35(45)37-16)33(43)26-27(34(36)44)31(41)25-24(30(26)40)20(38)14-21(46-2)29(25)39/h3-9,12-14,42-44,47H,10-11H2,1-2H3,(H,37,45)/t36-/m0/s1. The van der Waals surface area contributed by atoms with E-state index in [1.54, 1.807) is 48.6 Å². The van der Waals surface area contributed by atoms with Crippen LogP contribution in [0, 0.1) is 10.4 Å². The topological polar surface area (TPSA) is 171 Å². The fourth-order valence-corrected chi connectivity index (χ4v) is 7.44. The van der Waals surface area contributed by atoms with Crippen LogP contribution in [0.2, 0.25) is 0 Å². The Morgan fingerprint density at radius 2 is 1.60 bits per heavy atom. The Balaban J connectivity index is 1.68. The molecule has 3 aromatic rings. The highest BCUT2D eigenvalue weighted by Gasteiger charge is 2.54. The van der Waals surface area contributed by atoms with Crippen molar-refractivity contribution in [3.05, 3.63) is 144 Å². The number of thiol groups is 1. The highest BCUT2D eigenvalue weighted by molar-refractivity contribution is 7.80. The van der Waals surface area contributed by atoms with Crippen LogP contribution in [0.5, 0.6) is 11.5 Å². The molecule has 0 aliphatic heterocycles. The zero-order valence-electron chi connectivity index (χ0n) is 24.9. The van der Waals surface area contributed by atoms with Crippen LogP contribution in [-0.2, 0) is 11.8 Å². The Morgan fingerprint density at radius 1 is 0.894 bits per heavy atom. The zero-order chi connectivity index (χ0) is 33.5. The van der Waals surface area contributed by atoms with Crippen LogP contribution in [0.3, 0.4) is 0 Å². The number of phenolic OH excluding ortho intramolecular Hbond substituents is 1. The number of fused-ring (bicyclic) bond motifs is 4. The number of aromatic amines is 1. The third kappa shape index (κ3) is 3.89. The van der Waals surface area contributed by atoms with E-state index in [1.165, 1.54) is 0 Å². The summed E-state index contributed by atoms with van der Waals surface area (Å²) in [6.45, 7) is 1.84. The number of H-pyrrole nitrogens is 1. The average Bonchev–Trinajstić information content (AvgIpc) is 3.54. The van der Waals surface area contributed by atoms with E-state index in [4.69, 9.17) is 4.74 Å². The molecule has 0 fully saturated rings. The SMILES string of the molecule is CC=CC=Cc1cc2c(-c3cccc(S)c3)c3c(c(O)c2c(=O)[nH]1)[C@@]1(CC3)C(O)=c2c(=O)c3c(=O)cc(OC)c(=O)c=3c(=O)c2=C1O. The minimum atomic E-state index is -2.04. The van der Waals surface area contributed by atoms with E-state index < -0.39 is 76.6 Å². The molecule has 0 saturated heterocycles. The molecule has 1 heterocycles. The molecule has 0 unspecified atom stereocenters. The number of benzene rings is 2. The number of ether oxygens (including phenoxy) is 1. The number of methoxy groups -OCH3 is 1. The number of aromatic nitrogens is 1. The minimum absolute atomic E-state index is 0.0661. The highest BCUT2D eigenvalue weighted by Crippen LogP contribution is 2.57. The lowest BCUT2D eigenvalue weighted by Gasteiger charge is -2.28. The van der Waals surface area contributed by atoms with Crippen LogP contribution in [0.15, 0.2) is 83.5 Å². The first-order valence-corrected chi connectivity index (χ1v) is 15.0. The summed E-state index contributed by atoms with van der Waals surface area (Å²) in [6, 6.07) is 9.59. The van der Waals surface area contributed by atoms with Crippen LogP contribution in [0.25, 0.3) is 39.5 Å². The molecule has 4 aliphatic carbocycles. The quantitative estimate of drug-likeness (QED) is 0.145. The Kier molecular flexibility index (Phi) is 6.66. The molecule has 234 valence electrons. The number of allylic oxidation sites excluding steroid dienone is 3. The second-order valence-corrected chi connectivity index (χ2v) is 12.0. The lowest BCUT2D eigenvalue weighted by atomic mass is 9.77. The molecule has 1 spiro atoms. The van der Waals surface area contributed by atoms with Crippen molar-refractivity contribution in [3.63, 3.8) is 0 Å². The van der Waals surface area contributed by atoms with Gasteiger partial charge in [0.2, 0.25) is 16.3 Å². The Morgan fingerprint density at radius 3 is 2.26 bits per heavy atom. The summed E-state index contributed by atoms with van der Waals surface area (Å²) in [4.78, 5) is 70.8. The first-order valence-electron chi connectivity index (χ1n) is 14.6. The number of phenols is 1. The summed E-state index contributed by atoms with van der Waals surface area (Å²) < 4.78 is 4.95. The van der Waals surface area contributed by atoms with Crippen molar-refractivity contribution in [2.75, 3.05) is 7.11 Å². The van der Waals surface area contributed by atoms with Gasteiger partial charge in [-0.1, -0.05) is 30.4 Å². The van der Waals surface area contributed by atoms with Gasteiger partial charge in [0.25, 0.3) is 5.56 Å². The van der Waals surface area contributed by atoms with Gasteiger partial charge < -0.3 is 25.0 Å². The average molecular weight is 648 g/mol. The normalized spacial score (nSPS) is 17.2. The first-order chi connectivity index (χ1) is 22.5. The second-order valence-electron chi connectivity index (χ2n) is 11.5. The Hall–Kier alpha value is -5.68. The fourth-order valence-electron chi connectivity index (χ4n) is 7.22. The van der Waals surface area contributed by atoms with Crippen LogP contribution in [-0.4, -0.2) is 27.4 Å². The number of aromatic hydroxyl groups is 1. The third-order valence-electron chi connectivity index (χ3n) is 9.16. The summed E-state index contributed by atoms with van der Waals surface area (Å²) in [5, 5.41) is 33.2. The molecule has 7 rings (SSSR count). The van der Waals surface area contributed by atoms with Crippen molar-refractivity contribution in [1.29, 1.82) is 0 Å². The van der Waals surface area contributed by atoms with Crippen molar-refractivity contribution in [2.45, 2.75) is 30.1 Å². The van der Waals surface area contributed by atoms with E-state index in [-0.39, 0.29) is 23.8 Å². The lowest BCUT2D eigenvalue weighted by molar-refractivity contribution is 0.362. The Bertz CT molecular complexity index is 2790.